The minimum Gasteiger partial charge on any atom is -0.385 e. The van der Waals surface area contributed by atoms with Gasteiger partial charge in [-0.3, -0.25) is 10.4 Å². The number of nitrogens with one attached hydrogen (secondary N) is 2. The zero-order valence-corrected chi connectivity index (χ0v) is 19.7. The highest BCUT2D eigenvalue weighted by atomic mass is 35.5. The summed E-state index contributed by atoms with van der Waals surface area (Å²) in [6.07, 6.45) is 9.76. The molecular formula is C24H39ClN4O. The molecule has 0 atom stereocenters. The number of hydrogen-bond acceptors (Lipinski definition) is 5. The van der Waals surface area contributed by atoms with Gasteiger partial charge in [0.25, 0.3) is 0 Å². The standard InChI is InChI=1S/C12H16ClNO.C12H23N3/c1-9-3-2-4-10(11(9)13)12(15)5-7-14-8-6-12;1-3-4-9-12-13-10-7-5-6-8-11(2)14-15-12/h2-4,14-15H,5-8H2,1H3;3-10H2,1-2H3,(H,13,15)/b;14-11+. The van der Waals surface area contributed by atoms with E-state index in [0.717, 1.165) is 62.3 Å². The van der Waals surface area contributed by atoms with Crippen LogP contribution in [0.3, 0.4) is 0 Å². The molecule has 1 fully saturated rings. The average molecular weight is 435 g/mol. The molecule has 0 unspecified atom stereocenters. The highest BCUT2D eigenvalue weighted by Gasteiger charge is 2.33. The fraction of sp³-hybridized carbons (Fsp3) is 0.667. The van der Waals surface area contributed by atoms with E-state index in [4.69, 9.17) is 11.6 Å². The minimum absolute atomic E-state index is 0.710. The highest BCUT2D eigenvalue weighted by Crippen LogP contribution is 2.36. The second-order valence-electron chi connectivity index (χ2n) is 8.42. The summed E-state index contributed by atoms with van der Waals surface area (Å²) in [6, 6.07) is 5.85. The first-order chi connectivity index (χ1) is 14.5. The SMILES string of the molecule is CCCCC1=NCCCCC/C(C)=N/N1.Cc1cccc(C2(O)CCNCC2)c1Cl. The molecule has 0 amide bonds. The van der Waals surface area contributed by atoms with Gasteiger partial charge >= 0.3 is 0 Å². The van der Waals surface area contributed by atoms with Crippen LogP contribution in [0.1, 0.15) is 82.8 Å². The second kappa shape index (κ2) is 13.1. The summed E-state index contributed by atoms with van der Waals surface area (Å²) in [4.78, 5) is 4.56. The van der Waals surface area contributed by atoms with Gasteiger partial charge in [-0.1, -0.05) is 49.6 Å². The summed E-state index contributed by atoms with van der Waals surface area (Å²) < 4.78 is 0. The molecule has 0 bridgehead atoms. The predicted octanol–water partition coefficient (Wildman–Crippen LogP) is 5.33. The van der Waals surface area contributed by atoms with Crippen LogP contribution in [0, 0.1) is 6.92 Å². The van der Waals surface area contributed by atoms with Gasteiger partial charge in [0, 0.05) is 29.3 Å². The van der Waals surface area contributed by atoms with Crippen LogP contribution in [0.5, 0.6) is 0 Å². The number of hydrazone groups is 1. The number of aryl methyl sites for hydroxylation is 1. The first kappa shape index (κ1) is 24.8. The van der Waals surface area contributed by atoms with Crippen molar-refractivity contribution < 1.29 is 5.11 Å². The van der Waals surface area contributed by atoms with Gasteiger partial charge in [0.05, 0.1) is 5.60 Å². The molecule has 1 aromatic rings. The van der Waals surface area contributed by atoms with E-state index >= 15 is 0 Å². The lowest BCUT2D eigenvalue weighted by Crippen LogP contribution is -2.39. The fourth-order valence-electron chi connectivity index (χ4n) is 3.73. The molecular weight excluding hydrogens is 396 g/mol. The van der Waals surface area contributed by atoms with Crippen molar-refractivity contribution in [3.05, 3.63) is 34.3 Å². The van der Waals surface area contributed by atoms with E-state index in [9.17, 15) is 5.11 Å². The first-order valence-electron chi connectivity index (χ1n) is 11.5. The quantitative estimate of drug-likeness (QED) is 0.599. The van der Waals surface area contributed by atoms with E-state index in [1.165, 1.54) is 37.8 Å². The lowest BCUT2D eigenvalue weighted by Gasteiger charge is -2.34. The maximum atomic E-state index is 10.5. The molecule has 2 heterocycles. The molecule has 1 aromatic carbocycles. The summed E-state index contributed by atoms with van der Waals surface area (Å²) in [5, 5.41) is 18.8. The van der Waals surface area contributed by atoms with Crippen molar-refractivity contribution in [2.45, 2.75) is 84.2 Å². The van der Waals surface area contributed by atoms with Gasteiger partial charge in [-0.2, -0.15) is 5.10 Å². The van der Waals surface area contributed by atoms with Gasteiger partial charge < -0.3 is 10.4 Å². The Balaban J connectivity index is 0.000000214. The van der Waals surface area contributed by atoms with Crippen LogP contribution < -0.4 is 10.7 Å². The number of piperidine rings is 1. The van der Waals surface area contributed by atoms with E-state index in [1.807, 2.05) is 25.1 Å². The minimum atomic E-state index is -0.742. The molecule has 3 rings (SSSR count). The Bertz CT molecular complexity index is 711. The summed E-state index contributed by atoms with van der Waals surface area (Å²) in [5.41, 5.74) is 5.47. The Morgan fingerprint density at radius 1 is 1.13 bits per heavy atom. The molecule has 2 aliphatic rings. The van der Waals surface area contributed by atoms with Gasteiger partial charge in [0.2, 0.25) is 0 Å². The molecule has 6 heteroatoms. The number of hydrogen-bond donors (Lipinski definition) is 3. The zero-order chi connectivity index (χ0) is 21.8. The Morgan fingerprint density at radius 2 is 1.90 bits per heavy atom. The number of nitrogens with zero attached hydrogens (tertiary/aromatic N) is 2. The number of aliphatic imine (C=N–C) groups is 1. The van der Waals surface area contributed by atoms with Crippen molar-refractivity contribution in [3.8, 4) is 0 Å². The van der Waals surface area contributed by atoms with Crippen LogP contribution >= 0.6 is 11.6 Å². The first-order valence-corrected chi connectivity index (χ1v) is 11.9. The summed E-state index contributed by atoms with van der Waals surface area (Å²) >= 11 is 6.24. The number of unbranched alkanes of at least 4 members (excludes halogenated alkanes) is 1. The lowest BCUT2D eigenvalue weighted by atomic mass is 9.84. The number of halogens is 1. The molecule has 0 aliphatic carbocycles. The fourth-order valence-corrected chi connectivity index (χ4v) is 4.03. The molecule has 2 aliphatic heterocycles. The molecule has 0 spiro atoms. The van der Waals surface area contributed by atoms with Crippen LogP contribution in [0.25, 0.3) is 0 Å². The smallest absolute Gasteiger partial charge is 0.117 e. The number of amidine groups is 1. The third kappa shape index (κ3) is 8.01. The molecule has 1 saturated heterocycles. The molecule has 0 radical (unpaired) electrons. The van der Waals surface area contributed by atoms with Crippen molar-refractivity contribution in [2.75, 3.05) is 19.6 Å². The number of rotatable bonds is 4. The Kier molecular flexibility index (Phi) is 10.8. The van der Waals surface area contributed by atoms with Crippen molar-refractivity contribution in [2.24, 2.45) is 10.1 Å². The van der Waals surface area contributed by atoms with E-state index in [2.05, 4.69) is 34.7 Å². The Labute approximate surface area is 187 Å². The normalized spacial score (nSPS) is 21.2. The number of aliphatic hydroxyl groups is 1. The van der Waals surface area contributed by atoms with Crippen molar-refractivity contribution in [1.82, 2.24) is 10.7 Å². The molecule has 0 aromatic heterocycles. The van der Waals surface area contributed by atoms with Gasteiger partial charge in [-0.05, 0) is 71.0 Å². The molecule has 0 saturated carbocycles. The lowest BCUT2D eigenvalue weighted by molar-refractivity contribution is 0.00599. The van der Waals surface area contributed by atoms with Crippen LogP contribution in [0.15, 0.2) is 28.3 Å². The van der Waals surface area contributed by atoms with Crippen LogP contribution in [-0.4, -0.2) is 36.3 Å². The third-order valence-corrected chi connectivity index (χ3v) is 6.27. The monoisotopic (exact) mass is 434 g/mol. The topological polar surface area (TPSA) is 69.0 Å². The van der Waals surface area contributed by atoms with E-state index < -0.39 is 5.60 Å². The average Bonchev–Trinajstić information content (AvgIpc) is 2.75. The second-order valence-corrected chi connectivity index (χ2v) is 8.80. The van der Waals surface area contributed by atoms with Crippen molar-refractivity contribution in [1.29, 1.82) is 0 Å². The Hall–Kier alpha value is -1.43. The molecule has 3 N–H and O–H groups in total. The van der Waals surface area contributed by atoms with Crippen molar-refractivity contribution >= 4 is 23.1 Å². The largest absolute Gasteiger partial charge is 0.385 e. The highest BCUT2D eigenvalue weighted by molar-refractivity contribution is 6.32. The molecule has 30 heavy (non-hydrogen) atoms. The van der Waals surface area contributed by atoms with E-state index in [1.54, 1.807) is 0 Å². The van der Waals surface area contributed by atoms with Gasteiger partial charge in [-0.25, -0.2) is 0 Å². The van der Waals surface area contributed by atoms with Gasteiger partial charge in [-0.15, -0.1) is 0 Å². The summed E-state index contributed by atoms with van der Waals surface area (Å²) in [5.74, 6) is 1.07. The molecule has 5 nitrogen and oxygen atoms in total. The van der Waals surface area contributed by atoms with Gasteiger partial charge in [0.15, 0.2) is 0 Å². The maximum Gasteiger partial charge on any atom is 0.117 e. The number of benzene rings is 1. The Morgan fingerprint density at radius 3 is 2.63 bits per heavy atom. The summed E-state index contributed by atoms with van der Waals surface area (Å²) in [6.45, 7) is 8.92. The maximum absolute atomic E-state index is 10.5. The van der Waals surface area contributed by atoms with Crippen LogP contribution in [0.2, 0.25) is 5.02 Å². The third-order valence-electron chi connectivity index (χ3n) is 5.77. The van der Waals surface area contributed by atoms with E-state index in [-0.39, 0.29) is 0 Å². The zero-order valence-electron chi connectivity index (χ0n) is 18.9. The van der Waals surface area contributed by atoms with Crippen molar-refractivity contribution in [3.63, 3.8) is 0 Å². The van der Waals surface area contributed by atoms with Gasteiger partial charge in [0.1, 0.15) is 5.84 Å². The van der Waals surface area contributed by atoms with E-state index in [0.29, 0.717) is 5.02 Å². The molecule has 168 valence electrons. The predicted molar refractivity (Wildman–Crippen MR) is 129 cm³/mol. The van der Waals surface area contributed by atoms with Crippen LogP contribution in [0.4, 0.5) is 0 Å². The van der Waals surface area contributed by atoms with Crippen LogP contribution in [-0.2, 0) is 5.60 Å². The summed E-state index contributed by atoms with van der Waals surface area (Å²) in [7, 11) is 0.